The van der Waals surface area contributed by atoms with Gasteiger partial charge < -0.3 is 0 Å². The highest BCUT2D eigenvalue weighted by molar-refractivity contribution is 7.09. The summed E-state index contributed by atoms with van der Waals surface area (Å²) >= 11 is 1.64. The topological polar surface area (TPSA) is 12.9 Å². The van der Waals surface area contributed by atoms with Crippen LogP contribution in [0.1, 0.15) is 16.3 Å². The van der Waals surface area contributed by atoms with E-state index in [9.17, 15) is 4.39 Å². The van der Waals surface area contributed by atoms with Crippen LogP contribution in [0.3, 0.4) is 0 Å². The molecule has 0 saturated carbocycles. The number of aryl methyl sites for hydroxylation is 1. The Hall–Kier alpha value is -1.22. The van der Waals surface area contributed by atoms with Crippen LogP contribution in [-0.2, 0) is 6.42 Å². The maximum Gasteiger partial charge on any atom is 0.123 e. The molecule has 0 bridgehead atoms. The van der Waals surface area contributed by atoms with E-state index >= 15 is 0 Å². The Bertz CT molecular complexity index is 419. The number of hydrogen-bond acceptors (Lipinski definition) is 2. The number of benzene rings is 1. The van der Waals surface area contributed by atoms with Crippen LogP contribution in [-0.4, -0.2) is 4.98 Å². The van der Waals surface area contributed by atoms with E-state index < -0.39 is 0 Å². The van der Waals surface area contributed by atoms with Crippen molar-refractivity contribution in [1.82, 2.24) is 4.98 Å². The molecular weight excluding hydrogens is 197 g/mol. The van der Waals surface area contributed by atoms with E-state index in [2.05, 4.69) is 4.98 Å². The average Bonchev–Trinajstić information content (AvgIpc) is 2.56. The Kier molecular flexibility index (Phi) is 2.59. The van der Waals surface area contributed by atoms with Crippen molar-refractivity contribution in [3.05, 3.63) is 51.7 Å². The molecule has 0 aliphatic carbocycles. The molecule has 2 rings (SSSR count). The number of halogens is 1. The molecule has 0 aliphatic heterocycles. The van der Waals surface area contributed by atoms with E-state index in [1.807, 2.05) is 12.3 Å². The summed E-state index contributed by atoms with van der Waals surface area (Å²) in [6, 6.07) is 6.55. The summed E-state index contributed by atoms with van der Waals surface area (Å²) in [5, 5.41) is 3.11. The van der Waals surface area contributed by atoms with Crippen molar-refractivity contribution >= 4 is 11.3 Å². The number of nitrogens with zero attached hydrogens (tertiary/aromatic N) is 1. The van der Waals surface area contributed by atoms with E-state index in [0.717, 1.165) is 22.7 Å². The van der Waals surface area contributed by atoms with Crippen LogP contribution in [0.15, 0.2) is 29.6 Å². The van der Waals surface area contributed by atoms with E-state index in [-0.39, 0.29) is 5.82 Å². The van der Waals surface area contributed by atoms with Crippen molar-refractivity contribution in [3.63, 3.8) is 0 Å². The molecule has 0 fully saturated rings. The quantitative estimate of drug-likeness (QED) is 0.737. The molecule has 1 heterocycles. The van der Waals surface area contributed by atoms with Crippen LogP contribution >= 0.6 is 11.3 Å². The zero-order valence-corrected chi connectivity index (χ0v) is 8.64. The zero-order valence-electron chi connectivity index (χ0n) is 7.83. The van der Waals surface area contributed by atoms with Gasteiger partial charge in [0.2, 0.25) is 0 Å². The van der Waals surface area contributed by atoms with Gasteiger partial charge in [-0.2, -0.15) is 0 Å². The van der Waals surface area contributed by atoms with Gasteiger partial charge in [0, 0.05) is 11.8 Å². The first-order valence-electron chi connectivity index (χ1n) is 4.39. The number of rotatable bonds is 2. The predicted molar refractivity (Wildman–Crippen MR) is 56.1 cm³/mol. The molecule has 3 heteroatoms. The van der Waals surface area contributed by atoms with Crippen LogP contribution in [0.5, 0.6) is 0 Å². The summed E-state index contributed by atoms with van der Waals surface area (Å²) in [6.07, 6.45) is 0.782. The predicted octanol–water partition coefficient (Wildman–Crippen LogP) is 3.18. The molecule has 0 unspecified atom stereocenters. The Morgan fingerprint density at radius 1 is 1.29 bits per heavy atom. The van der Waals surface area contributed by atoms with Gasteiger partial charge in [-0.1, -0.05) is 12.1 Å². The smallest absolute Gasteiger partial charge is 0.123 e. The Labute approximate surface area is 86.2 Å². The number of aromatic nitrogens is 1. The van der Waals surface area contributed by atoms with Gasteiger partial charge >= 0.3 is 0 Å². The first-order valence-corrected chi connectivity index (χ1v) is 5.27. The van der Waals surface area contributed by atoms with Crippen molar-refractivity contribution in [1.29, 1.82) is 0 Å². The number of thiazole rings is 1. The highest BCUT2D eigenvalue weighted by Crippen LogP contribution is 2.13. The van der Waals surface area contributed by atoms with Crippen LogP contribution in [0, 0.1) is 12.7 Å². The average molecular weight is 207 g/mol. The minimum Gasteiger partial charge on any atom is -0.246 e. The lowest BCUT2D eigenvalue weighted by Crippen LogP contribution is -1.88. The molecular formula is C11H10FNS. The molecule has 0 saturated heterocycles. The second-order valence-corrected chi connectivity index (χ2v) is 4.22. The van der Waals surface area contributed by atoms with Gasteiger partial charge in [-0.25, -0.2) is 9.37 Å². The molecule has 2 aromatic rings. The Morgan fingerprint density at radius 2 is 2.00 bits per heavy atom. The van der Waals surface area contributed by atoms with Crippen LogP contribution < -0.4 is 0 Å². The highest BCUT2D eigenvalue weighted by atomic mass is 32.1. The Morgan fingerprint density at radius 3 is 2.57 bits per heavy atom. The minimum atomic E-state index is -0.191. The molecule has 0 radical (unpaired) electrons. The summed E-state index contributed by atoms with van der Waals surface area (Å²) in [6.45, 7) is 1.98. The molecule has 0 aliphatic rings. The van der Waals surface area contributed by atoms with Gasteiger partial charge in [0.15, 0.2) is 0 Å². The third-order valence-electron chi connectivity index (χ3n) is 1.97. The van der Waals surface area contributed by atoms with Gasteiger partial charge in [-0.3, -0.25) is 0 Å². The summed E-state index contributed by atoms with van der Waals surface area (Å²) in [4.78, 5) is 4.35. The number of hydrogen-bond donors (Lipinski definition) is 0. The van der Waals surface area contributed by atoms with Gasteiger partial charge in [-0.05, 0) is 24.6 Å². The fourth-order valence-corrected chi connectivity index (χ4v) is 1.91. The largest absolute Gasteiger partial charge is 0.246 e. The molecule has 1 aromatic heterocycles. The molecule has 14 heavy (non-hydrogen) atoms. The summed E-state index contributed by atoms with van der Waals surface area (Å²) in [5.41, 5.74) is 2.15. The van der Waals surface area contributed by atoms with E-state index in [1.165, 1.54) is 12.1 Å². The van der Waals surface area contributed by atoms with Gasteiger partial charge in [-0.15, -0.1) is 11.3 Å². The van der Waals surface area contributed by atoms with Crippen molar-refractivity contribution in [2.75, 3.05) is 0 Å². The van der Waals surface area contributed by atoms with Gasteiger partial charge in [0.1, 0.15) is 5.82 Å². The van der Waals surface area contributed by atoms with E-state index in [0.29, 0.717) is 0 Å². The van der Waals surface area contributed by atoms with E-state index in [1.54, 1.807) is 23.5 Å². The molecule has 0 atom stereocenters. The lowest BCUT2D eigenvalue weighted by atomic mass is 10.1. The van der Waals surface area contributed by atoms with Gasteiger partial charge in [0.25, 0.3) is 0 Å². The van der Waals surface area contributed by atoms with Crippen molar-refractivity contribution in [3.8, 4) is 0 Å². The molecule has 0 spiro atoms. The maximum atomic E-state index is 12.6. The highest BCUT2D eigenvalue weighted by Gasteiger charge is 2.00. The summed E-state index contributed by atoms with van der Waals surface area (Å²) in [5.74, 6) is -0.191. The zero-order chi connectivity index (χ0) is 9.97. The third kappa shape index (κ3) is 2.17. The fraction of sp³-hybridized carbons (Fsp3) is 0.182. The molecule has 0 N–H and O–H groups in total. The first kappa shape index (κ1) is 9.34. The molecule has 72 valence electrons. The first-order chi connectivity index (χ1) is 6.74. The SMILES string of the molecule is Cc1nc(Cc2ccc(F)cc2)cs1. The molecule has 0 amide bonds. The lowest BCUT2D eigenvalue weighted by Gasteiger charge is -1.97. The maximum absolute atomic E-state index is 12.6. The van der Waals surface area contributed by atoms with Gasteiger partial charge in [0.05, 0.1) is 10.7 Å². The van der Waals surface area contributed by atoms with E-state index in [4.69, 9.17) is 0 Å². The second-order valence-electron chi connectivity index (χ2n) is 3.16. The standard InChI is InChI=1S/C11H10FNS/c1-8-13-11(7-14-8)6-9-2-4-10(12)5-3-9/h2-5,7H,6H2,1H3. The third-order valence-corrected chi connectivity index (χ3v) is 2.79. The van der Waals surface area contributed by atoms with Crippen molar-refractivity contribution in [2.45, 2.75) is 13.3 Å². The lowest BCUT2D eigenvalue weighted by molar-refractivity contribution is 0.627. The van der Waals surface area contributed by atoms with Crippen LogP contribution in [0.4, 0.5) is 4.39 Å². The summed E-state index contributed by atoms with van der Waals surface area (Å²) in [7, 11) is 0. The summed E-state index contributed by atoms with van der Waals surface area (Å²) < 4.78 is 12.6. The van der Waals surface area contributed by atoms with Crippen LogP contribution in [0.2, 0.25) is 0 Å². The van der Waals surface area contributed by atoms with Crippen LogP contribution in [0.25, 0.3) is 0 Å². The minimum absolute atomic E-state index is 0.191. The molecule has 1 nitrogen and oxygen atoms in total. The monoisotopic (exact) mass is 207 g/mol. The molecule has 1 aromatic carbocycles. The second kappa shape index (κ2) is 3.88. The fourth-order valence-electron chi connectivity index (χ4n) is 1.30. The van der Waals surface area contributed by atoms with Crippen molar-refractivity contribution < 1.29 is 4.39 Å². The van der Waals surface area contributed by atoms with Crippen molar-refractivity contribution in [2.24, 2.45) is 0 Å². The normalized spacial score (nSPS) is 10.4. The Balaban J connectivity index is 2.15.